The number of hydrogen-bond acceptors (Lipinski definition) is 7. The Morgan fingerprint density at radius 2 is 1.92 bits per heavy atom. The number of piperidine rings is 1. The molecule has 3 aliphatic heterocycles. The molecule has 1 unspecified atom stereocenters. The molecule has 3 aromatic rings. The van der Waals surface area contributed by atoms with E-state index >= 15 is 0 Å². The number of rotatable bonds is 2. The number of aromatic nitrogens is 2. The zero-order valence-electron chi connectivity index (χ0n) is 22.2. The molecule has 7 nitrogen and oxygen atoms in total. The molecule has 0 saturated carbocycles. The summed E-state index contributed by atoms with van der Waals surface area (Å²) in [5, 5.41) is 0. The fourth-order valence-corrected chi connectivity index (χ4v) is 8.13. The predicted molar refractivity (Wildman–Crippen MR) is 155 cm³/mol. The Kier molecular flexibility index (Phi) is 5.61. The number of anilines is 2. The van der Waals surface area contributed by atoms with Crippen LogP contribution in [-0.4, -0.2) is 51.8 Å². The minimum atomic E-state index is -2.33. The summed E-state index contributed by atoms with van der Waals surface area (Å²) < 4.78 is 27.3. The molecule has 2 aromatic carbocycles. The molecule has 1 aliphatic carbocycles. The highest BCUT2D eigenvalue weighted by atomic mass is 32.2. The third-order valence-corrected chi connectivity index (χ3v) is 10.4. The largest absolute Gasteiger partial charge is 0.355 e. The molecule has 4 heterocycles. The van der Waals surface area contributed by atoms with Gasteiger partial charge in [0.25, 0.3) is 0 Å². The molecule has 0 amide bonds. The molecule has 2 N–H and O–H groups in total. The molecule has 9 heteroatoms. The standard InChI is InChI=1S/C30H33FN6OS/c1-39(2,38)25-10-4-9-24-20(25)7-5-13-37(24)29-27-23(17-34-29)35-26(18-33-27)36-14-11-30(12-15-36)16-21-19(28(30)32)6-3-8-22(21)31/h3-4,6,8-10,18,28H,1,5,7,11-17,32H2,2H3/t28-,39?/m1/s1. The summed E-state index contributed by atoms with van der Waals surface area (Å²) >= 11 is 0. The van der Waals surface area contributed by atoms with Crippen LogP contribution in [0.25, 0.3) is 0 Å². The van der Waals surface area contributed by atoms with Crippen LogP contribution in [0.1, 0.15) is 53.4 Å². The number of halogens is 1. The van der Waals surface area contributed by atoms with Crippen LogP contribution in [0.15, 0.2) is 52.5 Å². The Balaban J connectivity index is 1.11. The maximum absolute atomic E-state index is 14.5. The highest BCUT2D eigenvalue weighted by molar-refractivity contribution is 7.99. The molecule has 0 radical (unpaired) electrons. The lowest BCUT2D eigenvalue weighted by molar-refractivity contribution is 0.186. The molecule has 39 heavy (non-hydrogen) atoms. The molecule has 2 atom stereocenters. The van der Waals surface area contributed by atoms with Crippen molar-refractivity contribution in [2.24, 2.45) is 16.1 Å². The maximum atomic E-state index is 14.5. The molecule has 4 aliphatic rings. The second-order valence-electron chi connectivity index (χ2n) is 11.5. The van der Waals surface area contributed by atoms with Crippen molar-refractivity contribution >= 4 is 32.7 Å². The van der Waals surface area contributed by atoms with Gasteiger partial charge >= 0.3 is 0 Å². The maximum Gasteiger partial charge on any atom is 0.156 e. The third kappa shape index (κ3) is 3.89. The molecule has 1 aromatic heterocycles. The topological polar surface area (TPSA) is 87.7 Å². The number of aliphatic imine (C=N–C) groups is 1. The molecule has 1 fully saturated rings. The van der Waals surface area contributed by atoms with Crippen molar-refractivity contribution in [3.63, 3.8) is 0 Å². The van der Waals surface area contributed by atoms with E-state index in [-0.39, 0.29) is 17.3 Å². The second-order valence-corrected chi connectivity index (χ2v) is 13.9. The van der Waals surface area contributed by atoms with Crippen molar-refractivity contribution in [2.45, 2.75) is 49.6 Å². The lowest BCUT2D eigenvalue weighted by Gasteiger charge is -2.42. The molecular weight excluding hydrogens is 511 g/mol. The van der Waals surface area contributed by atoms with Gasteiger partial charge in [0.15, 0.2) is 5.84 Å². The zero-order chi connectivity index (χ0) is 26.9. The van der Waals surface area contributed by atoms with Crippen molar-refractivity contribution in [1.29, 1.82) is 0 Å². The van der Waals surface area contributed by atoms with E-state index in [1.807, 2.05) is 24.4 Å². The SMILES string of the molecule is C=S(C)(=O)c1cccc2c1CCCN2C1=NCc2nc(N3CCC4(CC3)Cc3c(F)cccc3[C@H]4N)cnc21. The van der Waals surface area contributed by atoms with Crippen molar-refractivity contribution in [3.8, 4) is 0 Å². The van der Waals surface area contributed by atoms with Crippen LogP contribution in [0.3, 0.4) is 0 Å². The van der Waals surface area contributed by atoms with Gasteiger partial charge in [-0.1, -0.05) is 18.2 Å². The monoisotopic (exact) mass is 544 g/mol. The highest BCUT2D eigenvalue weighted by Gasteiger charge is 2.47. The Morgan fingerprint density at radius 1 is 1.13 bits per heavy atom. The van der Waals surface area contributed by atoms with Crippen molar-refractivity contribution in [3.05, 3.63) is 76.5 Å². The van der Waals surface area contributed by atoms with Crippen molar-refractivity contribution < 1.29 is 8.60 Å². The summed E-state index contributed by atoms with van der Waals surface area (Å²) in [6.45, 7) is 2.95. The van der Waals surface area contributed by atoms with E-state index in [4.69, 9.17) is 20.7 Å². The lowest BCUT2D eigenvalue weighted by atomic mass is 9.73. The summed E-state index contributed by atoms with van der Waals surface area (Å²) in [6.07, 6.45) is 7.88. The molecular formula is C30H33FN6OS. The van der Waals surface area contributed by atoms with Gasteiger partial charge in [-0.3, -0.25) is 9.20 Å². The van der Waals surface area contributed by atoms with Crippen molar-refractivity contribution in [1.82, 2.24) is 9.97 Å². The molecule has 7 rings (SSSR count). The average Bonchev–Trinajstić information content (AvgIpc) is 3.47. The Hall–Kier alpha value is -3.30. The minimum Gasteiger partial charge on any atom is -0.355 e. The summed E-state index contributed by atoms with van der Waals surface area (Å²) in [5.74, 6) is 5.49. The fourth-order valence-electron chi connectivity index (χ4n) is 7.04. The van der Waals surface area contributed by atoms with Crippen LogP contribution in [0, 0.1) is 11.2 Å². The van der Waals surface area contributed by atoms with Crippen LogP contribution < -0.4 is 15.5 Å². The number of benzene rings is 2. The summed E-state index contributed by atoms with van der Waals surface area (Å²) in [5.41, 5.74) is 12.2. The quantitative estimate of drug-likeness (QED) is 0.493. The van der Waals surface area contributed by atoms with Gasteiger partial charge in [0.2, 0.25) is 0 Å². The first-order valence-electron chi connectivity index (χ1n) is 13.7. The highest BCUT2D eigenvalue weighted by Crippen LogP contribution is 2.51. The van der Waals surface area contributed by atoms with Gasteiger partial charge in [0, 0.05) is 42.5 Å². The Bertz CT molecular complexity index is 1630. The van der Waals surface area contributed by atoms with E-state index in [0.29, 0.717) is 13.0 Å². The van der Waals surface area contributed by atoms with Crippen LogP contribution >= 0.6 is 0 Å². The van der Waals surface area contributed by atoms with E-state index in [0.717, 1.165) is 95.6 Å². The van der Waals surface area contributed by atoms with Gasteiger partial charge in [0.05, 0.1) is 18.4 Å². The van der Waals surface area contributed by atoms with Crippen LogP contribution in [-0.2, 0) is 28.9 Å². The van der Waals surface area contributed by atoms with E-state index in [1.54, 1.807) is 18.4 Å². The smallest absolute Gasteiger partial charge is 0.156 e. The number of amidine groups is 1. The van der Waals surface area contributed by atoms with Gasteiger partial charge < -0.3 is 15.5 Å². The Morgan fingerprint density at radius 3 is 2.69 bits per heavy atom. The lowest BCUT2D eigenvalue weighted by Crippen LogP contribution is -2.44. The molecule has 202 valence electrons. The van der Waals surface area contributed by atoms with Gasteiger partial charge in [0.1, 0.15) is 17.3 Å². The summed E-state index contributed by atoms with van der Waals surface area (Å²) in [7, 11) is -2.33. The van der Waals surface area contributed by atoms with Gasteiger partial charge in [-0.05, 0) is 87.8 Å². The third-order valence-electron chi connectivity index (χ3n) is 9.11. The first-order valence-corrected chi connectivity index (χ1v) is 15.8. The summed E-state index contributed by atoms with van der Waals surface area (Å²) in [6, 6.07) is 11.1. The van der Waals surface area contributed by atoms with Crippen molar-refractivity contribution in [2.75, 3.05) is 35.7 Å². The van der Waals surface area contributed by atoms with Gasteiger partial charge in [-0.15, -0.1) is 0 Å². The second kappa shape index (κ2) is 8.86. The van der Waals surface area contributed by atoms with Crippen LogP contribution in [0.4, 0.5) is 15.9 Å². The van der Waals surface area contributed by atoms with E-state index < -0.39 is 9.52 Å². The predicted octanol–water partition coefficient (Wildman–Crippen LogP) is 3.88. The van der Waals surface area contributed by atoms with Gasteiger partial charge in [-0.25, -0.2) is 14.4 Å². The molecule has 0 bridgehead atoms. The van der Waals surface area contributed by atoms with Crippen LogP contribution in [0.5, 0.6) is 0 Å². The molecule has 1 spiro atoms. The number of fused-ring (bicyclic) bond motifs is 3. The fraction of sp³-hybridized carbons (Fsp3) is 0.400. The van der Waals surface area contributed by atoms with E-state index in [2.05, 4.69) is 21.7 Å². The van der Waals surface area contributed by atoms with Gasteiger partial charge in [-0.2, -0.15) is 0 Å². The summed E-state index contributed by atoms with van der Waals surface area (Å²) in [4.78, 5) is 20.0. The number of nitrogens with zero attached hydrogens (tertiary/aromatic N) is 5. The van der Waals surface area contributed by atoms with E-state index in [1.165, 1.54) is 0 Å². The minimum absolute atomic E-state index is 0.0993. The Labute approximate surface area is 229 Å². The molecule has 1 saturated heterocycles. The number of hydrogen-bond donors (Lipinski definition) is 1. The first kappa shape index (κ1) is 24.7. The van der Waals surface area contributed by atoms with E-state index in [9.17, 15) is 8.60 Å². The van der Waals surface area contributed by atoms with Crippen LogP contribution in [0.2, 0.25) is 0 Å². The zero-order valence-corrected chi connectivity index (χ0v) is 23.0. The average molecular weight is 545 g/mol. The number of nitrogens with two attached hydrogens (primary N) is 1. The first-order chi connectivity index (χ1) is 18.7. The normalized spacial score (nSPS) is 22.7.